The first-order valence-corrected chi connectivity index (χ1v) is 8.72. The Bertz CT molecular complexity index is 953. The summed E-state index contributed by atoms with van der Waals surface area (Å²) in [4.78, 5) is 18.9. The summed E-state index contributed by atoms with van der Waals surface area (Å²) in [6.45, 7) is 2.08. The molecule has 0 atom stereocenters. The quantitative estimate of drug-likeness (QED) is 0.660. The summed E-state index contributed by atoms with van der Waals surface area (Å²) in [5, 5.41) is 4.15. The van der Waals surface area contributed by atoms with Crippen LogP contribution in [0.4, 0.5) is 17.1 Å². The Labute approximate surface area is 158 Å². The molecule has 1 heterocycles. The molecule has 0 saturated heterocycles. The number of pyridine rings is 1. The summed E-state index contributed by atoms with van der Waals surface area (Å²) in [5.74, 6) is 0.232. The molecule has 1 N–H and O–H groups in total. The molecule has 6 heteroatoms. The van der Waals surface area contributed by atoms with Crippen LogP contribution in [0.25, 0.3) is 10.9 Å². The number of carbonyl (C=O) groups excluding carboxylic acids is 1. The number of hydrogen-bond acceptors (Lipinski definition) is 6. The predicted molar refractivity (Wildman–Crippen MR) is 108 cm³/mol. The Hall–Kier alpha value is -3.28. The number of fused-ring (bicyclic) bond motifs is 1. The number of methoxy groups -OCH3 is 1. The van der Waals surface area contributed by atoms with Crippen LogP contribution < -0.4 is 15.0 Å². The molecule has 27 heavy (non-hydrogen) atoms. The predicted octanol–water partition coefficient (Wildman–Crippen LogP) is 4.23. The van der Waals surface area contributed by atoms with E-state index in [1.54, 1.807) is 14.0 Å². The number of esters is 1. The Balaban J connectivity index is 2.11. The molecule has 0 radical (unpaired) electrons. The lowest BCUT2D eigenvalue weighted by molar-refractivity contribution is 0.0527. The highest BCUT2D eigenvalue weighted by Gasteiger charge is 2.18. The van der Waals surface area contributed by atoms with Crippen molar-refractivity contribution in [2.75, 3.05) is 38.0 Å². The minimum atomic E-state index is -0.415. The summed E-state index contributed by atoms with van der Waals surface area (Å²) >= 11 is 0. The number of aromatic nitrogens is 1. The normalized spacial score (nSPS) is 10.5. The summed E-state index contributed by atoms with van der Waals surface area (Å²) in [7, 11) is 5.58. The minimum absolute atomic E-state index is 0.298. The standard InChI is InChI=1S/C21H23N3O3/c1-5-27-21(25)17-13-22-20-16(7-6-8-18(20)26-4)19(17)23-14-9-11-15(12-10-14)24(2)3/h6-13H,5H2,1-4H3,(H,22,23). The molecule has 3 aromatic rings. The maximum absolute atomic E-state index is 12.5. The van der Waals surface area contributed by atoms with Crippen LogP contribution in [0.1, 0.15) is 17.3 Å². The van der Waals surface area contributed by atoms with Crippen LogP contribution >= 0.6 is 0 Å². The van der Waals surface area contributed by atoms with Crippen molar-refractivity contribution in [3.63, 3.8) is 0 Å². The van der Waals surface area contributed by atoms with Gasteiger partial charge in [0.15, 0.2) is 0 Å². The van der Waals surface area contributed by atoms with Crippen molar-refractivity contribution in [2.45, 2.75) is 6.92 Å². The Morgan fingerprint density at radius 3 is 2.52 bits per heavy atom. The van der Waals surface area contributed by atoms with E-state index in [1.807, 2.05) is 61.5 Å². The fourth-order valence-electron chi connectivity index (χ4n) is 2.85. The number of ether oxygens (including phenoxy) is 2. The molecule has 0 saturated carbocycles. The number of nitrogens with one attached hydrogen (secondary N) is 1. The SMILES string of the molecule is CCOC(=O)c1cnc2c(OC)cccc2c1Nc1ccc(N(C)C)cc1. The van der Waals surface area contributed by atoms with Crippen LogP contribution in [0.5, 0.6) is 5.75 Å². The fraction of sp³-hybridized carbons (Fsp3) is 0.238. The first-order valence-electron chi connectivity index (χ1n) is 8.72. The van der Waals surface area contributed by atoms with E-state index in [2.05, 4.69) is 10.3 Å². The van der Waals surface area contributed by atoms with Gasteiger partial charge in [0.05, 0.1) is 19.4 Å². The second-order valence-electron chi connectivity index (χ2n) is 6.19. The lowest BCUT2D eigenvalue weighted by atomic mass is 10.1. The Kier molecular flexibility index (Phi) is 5.45. The van der Waals surface area contributed by atoms with E-state index in [0.717, 1.165) is 16.8 Å². The van der Waals surface area contributed by atoms with Gasteiger partial charge in [-0.3, -0.25) is 4.98 Å². The molecule has 140 valence electrons. The molecule has 0 aliphatic rings. The number of nitrogens with zero attached hydrogens (tertiary/aromatic N) is 2. The molecule has 1 aromatic heterocycles. The maximum atomic E-state index is 12.5. The summed E-state index contributed by atoms with van der Waals surface area (Å²) in [6.07, 6.45) is 1.53. The van der Waals surface area contributed by atoms with E-state index in [1.165, 1.54) is 6.20 Å². The number of anilines is 3. The highest BCUT2D eigenvalue weighted by atomic mass is 16.5. The fourth-order valence-corrected chi connectivity index (χ4v) is 2.85. The van der Waals surface area contributed by atoms with Crippen LogP contribution in [-0.2, 0) is 4.74 Å². The molecule has 2 aromatic carbocycles. The molecule has 0 spiro atoms. The van der Waals surface area contributed by atoms with Crippen LogP contribution in [0.3, 0.4) is 0 Å². The Morgan fingerprint density at radius 1 is 1.15 bits per heavy atom. The van der Waals surface area contributed by atoms with E-state index in [-0.39, 0.29) is 0 Å². The van der Waals surface area contributed by atoms with Gasteiger partial charge < -0.3 is 19.7 Å². The second-order valence-corrected chi connectivity index (χ2v) is 6.19. The van der Waals surface area contributed by atoms with Gasteiger partial charge in [-0.25, -0.2) is 4.79 Å². The maximum Gasteiger partial charge on any atom is 0.341 e. The zero-order valence-electron chi connectivity index (χ0n) is 15.9. The van der Waals surface area contributed by atoms with Gasteiger partial charge in [-0.05, 0) is 37.3 Å². The molecule has 0 bridgehead atoms. The topological polar surface area (TPSA) is 63.7 Å². The molecule has 0 aliphatic carbocycles. The number of carbonyl (C=O) groups is 1. The van der Waals surface area contributed by atoms with Gasteiger partial charge >= 0.3 is 5.97 Å². The largest absolute Gasteiger partial charge is 0.494 e. The molecule has 0 fully saturated rings. The van der Waals surface area contributed by atoms with Gasteiger partial charge in [0.25, 0.3) is 0 Å². The monoisotopic (exact) mass is 365 g/mol. The van der Waals surface area contributed by atoms with Crippen LogP contribution in [0.2, 0.25) is 0 Å². The first-order chi connectivity index (χ1) is 13.0. The summed E-state index contributed by atoms with van der Waals surface area (Å²) in [5.41, 5.74) is 3.67. The van der Waals surface area contributed by atoms with Gasteiger partial charge in [-0.15, -0.1) is 0 Å². The van der Waals surface area contributed by atoms with Crippen LogP contribution in [-0.4, -0.2) is 38.8 Å². The van der Waals surface area contributed by atoms with Crippen molar-refractivity contribution in [3.05, 3.63) is 54.2 Å². The average molecular weight is 365 g/mol. The first kappa shape index (κ1) is 18.5. The Morgan fingerprint density at radius 2 is 1.89 bits per heavy atom. The van der Waals surface area contributed by atoms with Crippen molar-refractivity contribution in [3.8, 4) is 5.75 Å². The molecule has 3 rings (SSSR count). The zero-order chi connectivity index (χ0) is 19.4. The minimum Gasteiger partial charge on any atom is -0.494 e. The molecule has 6 nitrogen and oxygen atoms in total. The van der Waals surface area contributed by atoms with Crippen LogP contribution in [0, 0.1) is 0 Å². The third-order valence-electron chi connectivity index (χ3n) is 4.23. The van der Waals surface area contributed by atoms with Crippen molar-refractivity contribution < 1.29 is 14.3 Å². The molecule has 0 unspecified atom stereocenters. The number of rotatable bonds is 6. The number of para-hydroxylation sites is 1. The third kappa shape index (κ3) is 3.79. The molecular formula is C21H23N3O3. The van der Waals surface area contributed by atoms with Gasteiger partial charge in [-0.2, -0.15) is 0 Å². The van der Waals surface area contributed by atoms with E-state index in [4.69, 9.17) is 9.47 Å². The van der Waals surface area contributed by atoms with Crippen LogP contribution in [0.15, 0.2) is 48.7 Å². The van der Waals surface area contributed by atoms with Gasteiger partial charge in [-0.1, -0.05) is 12.1 Å². The number of hydrogen-bond donors (Lipinski definition) is 1. The molecule has 0 aliphatic heterocycles. The lowest BCUT2D eigenvalue weighted by Crippen LogP contribution is -2.10. The van der Waals surface area contributed by atoms with Crippen molar-refractivity contribution >= 4 is 33.9 Å². The average Bonchev–Trinajstić information content (AvgIpc) is 2.68. The lowest BCUT2D eigenvalue weighted by Gasteiger charge is -2.17. The van der Waals surface area contributed by atoms with E-state index < -0.39 is 5.97 Å². The van der Waals surface area contributed by atoms with E-state index in [0.29, 0.717) is 29.1 Å². The van der Waals surface area contributed by atoms with Gasteiger partial charge in [0.2, 0.25) is 0 Å². The third-order valence-corrected chi connectivity index (χ3v) is 4.23. The highest BCUT2D eigenvalue weighted by Crippen LogP contribution is 2.34. The zero-order valence-corrected chi connectivity index (χ0v) is 15.9. The van der Waals surface area contributed by atoms with E-state index >= 15 is 0 Å². The van der Waals surface area contributed by atoms with Gasteiger partial charge in [0, 0.05) is 37.1 Å². The van der Waals surface area contributed by atoms with Crippen molar-refractivity contribution in [1.82, 2.24) is 4.98 Å². The molecular weight excluding hydrogens is 342 g/mol. The van der Waals surface area contributed by atoms with Crippen molar-refractivity contribution in [1.29, 1.82) is 0 Å². The summed E-state index contributed by atoms with van der Waals surface area (Å²) in [6, 6.07) is 13.6. The van der Waals surface area contributed by atoms with Crippen molar-refractivity contribution in [2.24, 2.45) is 0 Å². The number of benzene rings is 2. The molecule has 0 amide bonds. The second kappa shape index (κ2) is 7.95. The van der Waals surface area contributed by atoms with E-state index in [9.17, 15) is 4.79 Å². The smallest absolute Gasteiger partial charge is 0.341 e. The summed E-state index contributed by atoms with van der Waals surface area (Å²) < 4.78 is 10.6. The highest BCUT2D eigenvalue weighted by molar-refractivity contribution is 6.07. The van der Waals surface area contributed by atoms with Gasteiger partial charge in [0.1, 0.15) is 16.8 Å².